The Balaban J connectivity index is 0.00000264. The Morgan fingerprint density at radius 1 is 1.13 bits per heavy atom. The zero-order chi connectivity index (χ0) is 15.8. The van der Waals surface area contributed by atoms with Crippen molar-refractivity contribution < 1.29 is 9.59 Å². The van der Waals surface area contributed by atoms with Gasteiger partial charge in [0.2, 0.25) is 11.8 Å². The Hall–Kier alpha value is -1.11. The van der Waals surface area contributed by atoms with Crippen LogP contribution >= 0.6 is 28.3 Å². The minimum Gasteiger partial charge on any atom is -0.347 e. The topological polar surface area (TPSA) is 70.2 Å². The van der Waals surface area contributed by atoms with E-state index in [0.717, 1.165) is 42.5 Å². The van der Waals surface area contributed by atoms with Gasteiger partial charge in [0, 0.05) is 16.6 Å². The summed E-state index contributed by atoms with van der Waals surface area (Å²) in [7, 11) is 0. The number of rotatable bonds is 6. The Morgan fingerprint density at radius 2 is 1.78 bits per heavy atom. The zero-order valence-electron chi connectivity index (χ0n) is 12.9. The van der Waals surface area contributed by atoms with Gasteiger partial charge < -0.3 is 16.0 Å². The van der Waals surface area contributed by atoms with E-state index >= 15 is 0 Å². The van der Waals surface area contributed by atoms with Gasteiger partial charge >= 0.3 is 0 Å². The number of nitrogens with one attached hydrogen (secondary N) is 3. The summed E-state index contributed by atoms with van der Waals surface area (Å²) < 4.78 is 0.955. The van der Waals surface area contributed by atoms with Crippen LogP contribution in [-0.2, 0) is 9.59 Å². The molecule has 0 saturated carbocycles. The van der Waals surface area contributed by atoms with Crippen LogP contribution in [0.3, 0.4) is 0 Å². The molecule has 0 aromatic heterocycles. The molecule has 3 N–H and O–H groups in total. The lowest BCUT2D eigenvalue weighted by Crippen LogP contribution is -2.33. The highest BCUT2D eigenvalue weighted by Crippen LogP contribution is 2.17. The highest BCUT2D eigenvalue weighted by molar-refractivity contribution is 9.10. The van der Waals surface area contributed by atoms with Gasteiger partial charge in [-0.25, -0.2) is 0 Å². The van der Waals surface area contributed by atoms with Crippen molar-refractivity contribution in [2.75, 3.05) is 25.0 Å². The van der Waals surface area contributed by atoms with Crippen LogP contribution in [0.5, 0.6) is 0 Å². The predicted molar refractivity (Wildman–Crippen MR) is 97.9 cm³/mol. The van der Waals surface area contributed by atoms with Gasteiger partial charge in [-0.2, -0.15) is 0 Å². The van der Waals surface area contributed by atoms with Crippen molar-refractivity contribution in [3.05, 3.63) is 28.7 Å². The number of hydrogen-bond donors (Lipinski definition) is 3. The lowest BCUT2D eigenvalue weighted by atomic mass is 9.93. The van der Waals surface area contributed by atoms with Crippen molar-refractivity contribution in [1.29, 1.82) is 0 Å². The molecule has 2 rings (SSSR count). The molecule has 1 fully saturated rings. The first-order chi connectivity index (χ1) is 10.6. The zero-order valence-corrected chi connectivity index (χ0v) is 15.3. The summed E-state index contributed by atoms with van der Waals surface area (Å²) in [6.45, 7) is 2.10. The van der Waals surface area contributed by atoms with Gasteiger partial charge in [-0.1, -0.05) is 15.9 Å². The van der Waals surface area contributed by atoms with E-state index in [2.05, 4.69) is 31.9 Å². The third kappa shape index (κ3) is 7.81. The van der Waals surface area contributed by atoms with Gasteiger partial charge in [-0.05, 0) is 62.5 Å². The molecule has 0 bridgehead atoms. The molecule has 7 heteroatoms. The molecule has 1 aromatic rings. The average Bonchev–Trinajstić information content (AvgIpc) is 2.54. The van der Waals surface area contributed by atoms with Crippen molar-refractivity contribution in [3.8, 4) is 0 Å². The summed E-state index contributed by atoms with van der Waals surface area (Å²) in [5.41, 5.74) is 0.720. The first-order valence-corrected chi connectivity index (χ1v) is 8.45. The van der Waals surface area contributed by atoms with Crippen molar-refractivity contribution in [2.45, 2.75) is 25.7 Å². The molecule has 1 heterocycles. The number of benzene rings is 1. The van der Waals surface area contributed by atoms with Crippen LogP contribution in [0.1, 0.15) is 25.7 Å². The maximum absolute atomic E-state index is 11.8. The standard InChI is InChI=1S/C16H22BrN3O2.ClH/c17-13-2-4-14(5-3-13)20-16(22)11-19-15(21)6-1-12-7-9-18-10-8-12;/h2-5,12,18H,1,6-11H2,(H,19,21)(H,20,22);1H. The molecule has 0 spiro atoms. The van der Waals surface area contributed by atoms with Crippen LogP contribution in [0.4, 0.5) is 5.69 Å². The lowest BCUT2D eigenvalue weighted by molar-refractivity contribution is -0.124. The molecule has 1 saturated heterocycles. The van der Waals surface area contributed by atoms with Gasteiger partial charge in [0.25, 0.3) is 0 Å². The molecular formula is C16H23BrClN3O2. The van der Waals surface area contributed by atoms with E-state index < -0.39 is 0 Å². The molecule has 0 aliphatic carbocycles. The number of hydrogen-bond acceptors (Lipinski definition) is 3. The van der Waals surface area contributed by atoms with Gasteiger partial charge in [0.15, 0.2) is 0 Å². The SMILES string of the molecule is Cl.O=C(CCC1CCNCC1)NCC(=O)Nc1ccc(Br)cc1. The Labute approximate surface area is 151 Å². The minimum absolute atomic E-state index is 0. The molecule has 0 atom stereocenters. The summed E-state index contributed by atoms with van der Waals surface area (Å²) in [6.07, 6.45) is 3.67. The molecule has 1 aliphatic rings. The fraction of sp³-hybridized carbons (Fsp3) is 0.500. The third-order valence-electron chi connectivity index (χ3n) is 3.81. The highest BCUT2D eigenvalue weighted by atomic mass is 79.9. The van der Waals surface area contributed by atoms with Gasteiger partial charge in [0.1, 0.15) is 0 Å². The molecule has 23 heavy (non-hydrogen) atoms. The largest absolute Gasteiger partial charge is 0.347 e. The second-order valence-electron chi connectivity index (χ2n) is 5.56. The first-order valence-electron chi connectivity index (χ1n) is 7.66. The Morgan fingerprint density at radius 3 is 2.43 bits per heavy atom. The van der Waals surface area contributed by atoms with E-state index in [9.17, 15) is 9.59 Å². The number of piperidine rings is 1. The summed E-state index contributed by atoms with van der Waals surface area (Å²) in [4.78, 5) is 23.5. The number of halogens is 2. The van der Waals surface area contributed by atoms with E-state index in [0.29, 0.717) is 12.3 Å². The van der Waals surface area contributed by atoms with Crippen LogP contribution in [0.25, 0.3) is 0 Å². The van der Waals surface area contributed by atoms with E-state index in [1.807, 2.05) is 12.1 Å². The number of carbonyl (C=O) groups is 2. The molecule has 1 aliphatic heterocycles. The molecule has 2 amide bonds. The average molecular weight is 405 g/mol. The number of carbonyl (C=O) groups excluding carboxylic acids is 2. The second-order valence-corrected chi connectivity index (χ2v) is 6.48. The van der Waals surface area contributed by atoms with Crippen LogP contribution in [0.2, 0.25) is 0 Å². The molecule has 0 unspecified atom stereocenters. The number of anilines is 1. The van der Waals surface area contributed by atoms with Crippen LogP contribution in [0, 0.1) is 5.92 Å². The quantitative estimate of drug-likeness (QED) is 0.683. The summed E-state index contributed by atoms with van der Waals surface area (Å²) in [5.74, 6) is 0.366. The number of amides is 2. The van der Waals surface area contributed by atoms with Gasteiger partial charge in [-0.3, -0.25) is 9.59 Å². The van der Waals surface area contributed by atoms with Crippen molar-refractivity contribution in [2.24, 2.45) is 5.92 Å². The Kier molecular flexibility index (Phi) is 9.21. The normalized spacial score (nSPS) is 14.7. The highest BCUT2D eigenvalue weighted by Gasteiger charge is 2.14. The Bertz CT molecular complexity index is 505. The fourth-order valence-corrected chi connectivity index (χ4v) is 2.78. The second kappa shape index (κ2) is 10.6. The van der Waals surface area contributed by atoms with E-state index in [4.69, 9.17) is 0 Å². The summed E-state index contributed by atoms with van der Waals surface area (Å²) in [6, 6.07) is 7.32. The lowest BCUT2D eigenvalue weighted by Gasteiger charge is -2.22. The fourth-order valence-electron chi connectivity index (χ4n) is 2.51. The smallest absolute Gasteiger partial charge is 0.243 e. The summed E-state index contributed by atoms with van der Waals surface area (Å²) in [5, 5.41) is 8.74. The first kappa shape index (κ1) is 19.9. The third-order valence-corrected chi connectivity index (χ3v) is 4.34. The van der Waals surface area contributed by atoms with Gasteiger partial charge in [-0.15, -0.1) is 12.4 Å². The van der Waals surface area contributed by atoms with E-state index in [1.165, 1.54) is 0 Å². The predicted octanol–water partition coefficient (Wildman–Crippen LogP) is 2.71. The maximum Gasteiger partial charge on any atom is 0.243 e. The van der Waals surface area contributed by atoms with E-state index in [1.54, 1.807) is 12.1 Å². The van der Waals surface area contributed by atoms with Crippen molar-refractivity contribution in [1.82, 2.24) is 10.6 Å². The molecular weight excluding hydrogens is 382 g/mol. The molecule has 1 aromatic carbocycles. The van der Waals surface area contributed by atoms with E-state index in [-0.39, 0.29) is 30.8 Å². The van der Waals surface area contributed by atoms with Crippen molar-refractivity contribution in [3.63, 3.8) is 0 Å². The molecule has 5 nitrogen and oxygen atoms in total. The monoisotopic (exact) mass is 403 g/mol. The van der Waals surface area contributed by atoms with Gasteiger partial charge in [0.05, 0.1) is 6.54 Å². The maximum atomic E-state index is 11.8. The summed E-state index contributed by atoms with van der Waals surface area (Å²) >= 11 is 3.34. The van der Waals surface area contributed by atoms with Crippen molar-refractivity contribution >= 4 is 45.8 Å². The molecule has 128 valence electrons. The minimum atomic E-state index is -0.211. The van der Waals surface area contributed by atoms with Crippen LogP contribution in [-0.4, -0.2) is 31.4 Å². The van der Waals surface area contributed by atoms with Crippen LogP contribution in [0.15, 0.2) is 28.7 Å². The molecule has 0 radical (unpaired) electrons. The van der Waals surface area contributed by atoms with Crippen LogP contribution < -0.4 is 16.0 Å².